The largest absolute Gasteiger partial charge is 0.490 e. The van der Waals surface area contributed by atoms with Crippen LogP contribution in [-0.4, -0.2) is 61.7 Å². The molecule has 0 spiro atoms. The zero-order chi connectivity index (χ0) is 19.0. The summed E-state index contributed by atoms with van der Waals surface area (Å²) in [5, 5.41) is 0. The number of carbonyl (C=O) groups is 2. The van der Waals surface area contributed by atoms with Crippen molar-refractivity contribution in [1.29, 1.82) is 0 Å². The van der Waals surface area contributed by atoms with E-state index in [-0.39, 0.29) is 18.4 Å². The number of esters is 1. The molecule has 26 heavy (non-hydrogen) atoms. The molecular formula is C20H29NO5. The van der Waals surface area contributed by atoms with Crippen LogP contribution in [-0.2, 0) is 14.3 Å². The molecule has 1 heterocycles. The average Bonchev–Trinajstić information content (AvgIpc) is 2.71. The van der Waals surface area contributed by atoms with Crippen LogP contribution in [0.3, 0.4) is 0 Å². The van der Waals surface area contributed by atoms with Gasteiger partial charge in [-0.1, -0.05) is 13.8 Å². The van der Waals surface area contributed by atoms with Crippen LogP contribution in [0.4, 0.5) is 0 Å². The Morgan fingerprint density at radius 3 is 2.35 bits per heavy atom. The van der Waals surface area contributed by atoms with E-state index in [1.54, 1.807) is 31.2 Å². The molecule has 1 aromatic carbocycles. The fourth-order valence-corrected chi connectivity index (χ4v) is 3.02. The van der Waals surface area contributed by atoms with Gasteiger partial charge in [-0.2, -0.15) is 0 Å². The minimum atomic E-state index is -0.527. The molecule has 6 heteroatoms. The van der Waals surface area contributed by atoms with Crippen LogP contribution in [0, 0.1) is 0 Å². The van der Waals surface area contributed by atoms with Crippen molar-refractivity contribution in [3.05, 3.63) is 29.8 Å². The van der Waals surface area contributed by atoms with Gasteiger partial charge in [0, 0.05) is 25.1 Å². The maximum Gasteiger partial charge on any atom is 0.305 e. The van der Waals surface area contributed by atoms with Crippen molar-refractivity contribution in [1.82, 2.24) is 4.90 Å². The number of rotatable bonds is 9. The molecule has 0 saturated carbocycles. The van der Waals surface area contributed by atoms with Crippen LogP contribution in [0.1, 0.15) is 44.0 Å². The Balaban J connectivity index is 1.95. The Labute approximate surface area is 155 Å². The van der Waals surface area contributed by atoms with Gasteiger partial charge in [-0.25, -0.2) is 0 Å². The van der Waals surface area contributed by atoms with Crippen molar-refractivity contribution >= 4 is 11.8 Å². The van der Waals surface area contributed by atoms with Crippen LogP contribution in [0.25, 0.3) is 0 Å². The van der Waals surface area contributed by atoms with Crippen molar-refractivity contribution < 1.29 is 23.8 Å². The number of nitrogens with zero attached hydrogens (tertiary/aromatic N) is 1. The second kappa shape index (κ2) is 9.69. The smallest absolute Gasteiger partial charge is 0.305 e. The van der Waals surface area contributed by atoms with Gasteiger partial charge in [0.1, 0.15) is 19.0 Å². The lowest BCUT2D eigenvalue weighted by molar-refractivity contribution is -0.143. The topological polar surface area (TPSA) is 65.1 Å². The van der Waals surface area contributed by atoms with Gasteiger partial charge in [-0.05, 0) is 37.6 Å². The van der Waals surface area contributed by atoms with E-state index < -0.39 is 5.54 Å². The first-order valence-corrected chi connectivity index (χ1v) is 9.27. The van der Waals surface area contributed by atoms with Crippen molar-refractivity contribution in [3.8, 4) is 5.75 Å². The molecule has 0 aromatic heterocycles. The lowest BCUT2D eigenvalue weighted by atomic mass is 9.86. The van der Waals surface area contributed by atoms with Crippen molar-refractivity contribution in [2.24, 2.45) is 0 Å². The molecule has 1 aliphatic rings. The first kappa shape index (κ1) is 20.4. The summed E-state index contributed by atoms with van der Waals surface area (Å²) in [6.45, 7) is 9.19. The van der Waals surface area contributed by atoms with Gasteiger partial charge in [0.15, 0.2) is 5.78 Å². The molecule has 1 aliphatic heterocycles. The van der Waals surface area contributed by atoms with Gasteiger partial charge in [0.2, 0.25) is 0 Å². The summed E-state index contributed by atoms with van der Waals surface area (Å²) in [5.41, 5.74) is 0.145. The number of carbonyl (C=O) groups excluding carboxylic acids is 2. The number of morpholine rings is 1. The highest BCUT2D eigenvalue weighted by Crippen LogP contribution is 2.26. The van der Waals surface area contributed by atoms with E-state index in [0.717, 1.165) is 19.5 Å². The molecule has 144 valence electrons. The Morgan fingerprint density at radius 1 is 1.12 bits per heavy atom. The van der Waals surface area contributed by atoms with Crippen molar-refractivity contribution in [2.75, 3.05) is 39.5 Å². The van der Waals surface area contributed by atoms with Crippen LogP contribution in [0.5, 0.6) is 5.75 Å². The molecule has 0 aliphatic carbocycles. The summed E-state index contributed by atoms with van der Waals surface area (Å²) >= 11 is 0. The predicted octanol–water partition coefficient (Wildman–Crippen LogP) is 2.70. The molecule has 2 rings (SSSR count). The third kappa shape index (κ3) is 5.05. The first-order valence-electron chi connectivity index (χ1n) is 9.27. The van der Waals surface area contributed by atoms with Gasteiger partial charge >= 0.3 is 5.97 Å². The van der Waals surface area contributed by atoms with E-state index in [9.17, 15) is 9.59 Å². The van der Waals surface area contributed by atoms with E-state index in [4.69, 9.17) is 14.2 Å². The van der Waals surface area contributed by atoms with Crippen LogP contribution >= 0.6 is 0 Å². The fraction of sp³-hybridized carbons (Fsp3) is 0.600. The SMILES string of the molecule is CCC(=O)OCCOc1ccc(C(=O)C(C)(CC)N2CCOCC2)cc1. The third-order valence-corrected chi connectivity index (χ3v) is 4.91. The van der Waals surface area contributed by atoms with Crippen molar-refractivity contribution in [2.45, 2.75) is 39.2 Å². The fourth-order valence-electron chi connectivity index (χ4n) is 3.02. The number of hydrogen-bond acceptors (Lipinski definition) is 6. The van der Waals surface area contributed by atoms with E-state index in [1.807, 2.05) is 13.8 Å². The molecule has 1 fully saturated rings. The number of ether oxygens (including phenoxy) is 3. The summed E-state index contributed by atoms with van der Waals surface area (Å²) in [6.07, 6.45) is 1.10. The summed E-state index contributed by atoms with van der Waals surface area (Å²) in [5.74, 6) is 0.528. The van der Waals surface area contributed by atoms with E-state index in [1.165, 1.54) is 0 Å². The average molecular weight is 363 g/mol. The van der Waals surface area contributed by atoms with Gasteiger partial charge in [0.25, 0.3) is 0 Å². The lowest BCUT2D eigenvalue weighted by Gasteiger charge is -2.41. The minimum absolute atomic E-state index is 0.116. The molecule has 0 amide bonds. The zero-order valence-electron chi connectivity index (χ0n) is 16.0. The maximum atomic E-state index is 13.1. The third-order valence-electron chi connectivity index (χ3n) is 4.91. The van der Waals surface area contributed by atoms with Gasteiger partial charge in [0.05, 0.1) is 18.8 Å². The summed E-state index contributed by atoms with van der Waals surface area (Å²) < 4.78 is 15.9. The van der Waals surface area contributed by atoms with Gasteiger partial charge < -0.3 is 14.2 Å². The van der Waals surface area contributed by atoms with E-state index in [2.05, 4.69) is 4.90 Å². The zero-order valence-corrected chi connectivity index (χ0v) is 16.0. The van der Waals surface area contributed by atoms with Crippen LogP contribution in [0.2, 0.25) is 0 Å². The summed E-state index contributed by atoms with van der Waals surface area (Å²) in [7, 11) is 0. The van der Waals surface area contributed by atoms with E-state index >= 15 is 0 Å². The van der Waals surface area contributed by atoms with Crippen molar-refractivity contribution in [3.63, 3.8) is 0 Å². The molecule has 1 saturated heterocycles. The molecule has 0 bridgehead atoms. The number of hydrogen-bond donors (Lipinski definition) is 0. The van der Waals surface area contributed by atoms with Gasteiger partial charge in [-0.15, -0.1) is 0 Å². The highest BCUT2D eigenvalue weighted by atomic mass is 16.6. The molecular weight excluding hydrogens is 334 g/mol. The minimum Gasteiger partial charge on any atom is -0.490 e. The molecule has 1 aromatic rings. The first-order chi connectivity index (χ1) is 12.5. The molecule has 1 atom stereocenters. The highest BCUT2D eigenvalue weighted by Gasteiger charge is 2.38. The number of Topliss-reactive ketones (excluding diaryl/α,β-unsaturated/α-hetero) is 1. The summed E-state index contributed by atoms with van der Waals surface area (Å²) in [4.78, 5) is 26.4. The van der Waals surface area contributed by atoms with Gasteiger partial charge in [-0.3, -0.25) is 14.5 Å². The molecule has 0 radical (unpaired) electrons. The Kier molecular flexibility index (Phi) is 7.60. The molecule has 0 N–H and O–H groups in total. The van der Waals surface area contributed by atoms with E-state index in [0.29, 0.717) is 37.6 Å². The number of ketones is 1. The maximum absolute atomic E-state index is 13.1. The highest BCUT2D eigenvalue weighted by molar-refractivity contribution is 6.03. The predicted molar refractivity (Wildman–Crippen MR) is 98.6 cm³/mol. The quantitative estimate of drug-likeness (QED) is 0.382. The molecule has 6 nitrogen and oxygen atoms in total. The van der Waals surface area contributed by atoms with Crippen LogP contribution < -0.4 is 4.74 Å². The monoisotopic (exact) mass is 363 g/mol. The lowest BCUT2D eigenvalue weighted by Crippen LogP contribution is -2.56. The Hall–Kier alpha value is -1.92. The van der Waals surface area contributed by atoms with Crippen LogP contribution in [0.15, 0.2) is 24.3 Å². The normalized spacial score (nSPS) is 17.3. The molecule has 1 unspecified atom stereocenters. The number of benzene rings is 1. The second-order valence-corrected chi connectivity index (χ2v) is 6.50. The standard InChI is InChI=1S/C20H29NO5/c1-4-18(22)26-15-14-25-17-8-6-16(7-9-17)19(23)20(3,5-2)21-10-12-24-13-11-21/h6-9H,4-5,10-15H2,1-3H3. The Morgan fingerprint density at radius 2 is 1.77 bits per heavy atom. The summed E-state index contributed by atoms with van der Waals surface area (Å²) in [6, 6.07) is 7.16. The second-order valence-electron chi connectivity index (χ2n) is 6.50. The Bertz CT molecular complexity index is 595.